The van der Waals surface area contributed by atoms with E-state index < -0.39 is 34.8 Å². The Kier molecular flexibility index (Phi) is 6.13. The van der Waals surface area contributed by atoms with E-state index in [1.807, 2.05) is 6.07 Å². The average molecular weight is 458 g/mol. The van der Waals surface area contributed by atoms with Crippen molar-refractivity contribution in [2.45, 2.75) is 0 Å². The van der Waals surface area contributed by atoms with Crippen molar-refractivity contribution >= 4 is 40.4 Å². The third-order valence-corrected chi connectivity index (χ3v) is 5.13. The third-order valence-electron chi connectivity index (χ3n) is 5.13. The highest BCUT2D eigenvalue weighted by molar-refractivity contribution is 6.54. The molecule has 0 fully saturated rings. The number of ketones is 1. The number of nitrogens with one attached hydrogen (secondary N) is 1. The number of phenols is 1. The normalized spacial score (nSPS) is 13.6. The first-order chi connectivity index (χ1) is 16.3. The summed E-state index contributed by atoms with van der Waals surface area (Å²) in [4.78, 5) is 53.9. The minimum atomic E-state index is -0.695. The molecule has 0 atom stereocenters. The number of aromatic hydroxyl groups is 1. The molecule has 10 nitrogen and oxygen atoms in total. The molecule has 10 heteroatoms. The summed E-state index contributed by atoms with van der Waals surface area (Å²) in [6.07, 6.45) is 0. The first-order valence-electron chi connectivity index (χ1n) is 10.2. The van der Waals surface area contributed by atoms with E-state index in [1.54, 1.807) is 48.5 Å². The molecule has 3 aromatic rings. The van der Waals surface area contributed by atoms with Crippen molar-refractivity contribution in [1.29, 1.82) is 0 Å². The number of phenolic OH excluding ortho intramolecular Hbond substituents is 1. The highest BCUT2D eigenvalue weighted by Crippen LogP contribution is 2.29. The van der Waals surface area contributed by atoms with Crippen LogP contribution in [0.1, 0.15) is 15.9 Å². The Balaban J connectivity index is 1.55. The fraction of sp³-hybridized carbons (Fsp3) is 0.0833. The van der Waals surface area contributed by atoms with Gasteiger partial charge < -0.3 is 10.4 Å². The summed E-state index contributed by atoms with van der Waals surface area (Å²) in [5.41, 5.74) is 0.879. The van der Waals surface area contributed by atoms with Gasteiger partial charge >= 0.3 is 0 Å². The van der Waals surface area contributed by atoms with E-state index in [-0.39, 0.29) is 23.5 Å². The topological polar surface area (TPSA) is 142 Å². The van der Waals surface area contributed by atoms with Crippen LogP contribution >= 0.6 is 0 Å². The van der Waals surface area contributed by atoms with Gasteiger partial charge in [-0.25, -0.2) is 0 Å². The van der Waals surface area contributed by atoms with Gasteiger partial charge in [0, 0.05) is 23.4 Å². The van der Waals surface area contributed by atoms with Crippen molar-refractivity contribution in [3.63, 3.8) is 0 Å². The molecule has 0 bridgehead atoms. The number of nitro groups is 1. The fourth-order valence-corrected chi connectivity index (χ4v) is 3.53. The maximum Gasteiger partial charge on any atom is 0.277 e. The van der Waals surface area contributed by atoms with Gasteiger partial charge in [-0.1, -0.05) is 36.4 Å². The monoisotopic (exact) mass is 458 g/mol. The van der Waals surface area contributed by atoms with Crippen LogP contribution in [0, 0.1) is 10.1 Å². The number of amides is 2. The quantitative estimate of drug-likeness (QED) is 0.317. The number of nitro benzene ring substituents is 1. The zero-order valence-electron chi connectivity index (χ0n) is 17.7. The molecule has 0 aromatic heterocycles. The molecule has 1 aliphatic heterocycles. The Morgan fingerprint density at radius 1 is 1.03 bits per heavy atom. The molecular weight excluding hydrogens is 440 g/mol. The van der Waals surface area contributed by atoms with Crippen LogP contribution in [0.15, 0.2) is 77.8 Å². The molecule has 0 spiro atoms. The van der Waals surface area contributed by atoms with Crippen LogP contribution in [0.5, 0.6) is 5.75 Å². The molecular formula is C24H18N4O6. The minimum Gasteiger partial charge on any atom is -0.507 e. The Hall–Kier alpha value is -4.86. The minimum absolute atomic E-state index is 0.0126. The van der Waals surface area contributed by atoms with E-state index in [0.717, 1.165) is 18.2 Å². The van der Waals surface area contributed by atoms with Crippen LogP contribution in [-0.4, -0.2) is 46.4 Å². The standard InChI is InChI=1S/C24H18N4O6/c29-20-11-10-16(28(33)34)12-18(20)21(30)13-25-23-17-8-4-5-9-19(17)27(24(23)32)14-22(31)26-15-6-2-1-3-7-15/h1-12,29H,13-14H2,(H,26,31). The second kappa shape index (κ2) is 9.33. The van der Waals surface area contributed by atoms with E-state index in [0.29, 0.717) is 16.9 Å². The molecule has 1 heterocycles. The van der Waals surface area contributed by atoms with E-state index in [1.165, 1.54) is 4.90 Å². The lowest BCUT2D eigenvalue weighted by Crippen LogP contribution is -2.37. The first-order valence-corrected chi connectivity index (χ1v) is 10.2. The molecule has 34 heavy (non-hydrogen) atoms. The van der Waals surface area contributed by atoms with E-state index in [4.69, 9.17) is 0 Å². The number of fused-ring (bicyclic) bond motifs is 1. The second-order valence-electron chi connectivity index (χ2n) is 7.37. The highest BCUT2D eigenvalue weighted by atomic mass is 16.6. The summed E-state index contributed by atoms with van der Waals surface area (Å²) in [5.74, 6) is -2.08. The molecule has 4 rings (SSSR count). The summed E-state index contributed by atoms with van der Waals surface area (Å²) in [5, 5.41) is 23.6. The number of non-ortho nitro benzene ring substituents is 1. The molecule has 3 aromatic carbocycles. The van der Waals surface area contributed by atoms with E-state index in [2.05, 4.69) is 10.3 Å². The molecule has 0 unspecified atom stereocenters. The maximum atomic E-state index is 13.1. The summed E-state index contributed by atoms with van der Waals surface area (Å²) in [6.45, 7) is -0.780. The number of hydrogen-bond acceptors (Lipinski definition) is 7. The van der Waals surface area contributed by atoms with Crippen LogP contribution in [0.4, 0.5) is 17.1 Å². The van der Waals surface area contributed by atoms with Gasteiger partial charge in [-0.2, -0.15) is 0 Å². The number of benzene rings is 3. The van der Waals surface area contributed by atoms with Crippen molar-refractivity contribution < 1.29 is 24.4 Å². The molecule has 2 N–H and O–H groups in total. The Morgan fingerprint density at radius 2 is 1.74 bits per heavy atom. The number of aliphatic imine (C=N–C) groups is 1. The number of carbonyl (C=O) groups is 3. The summed E-state index contributed by atoms with van der Waals surface area (Å²) in [6, 6.07) is 18.6. The molecule has 170 valence electrons. The third kappa shape index (κ3) is 4.51. The van der Waals surface area contributed by atoms with E-state index >= 15 is 0 Å². The van der Waals surface area contributed by atoms with Crippen LogP contribution in [0.3, 0.4) is 0 Å². The lowest BCUT2D eigenvalue weighted by molar-refractivity contribution is -0.384. The number of hydrogen-bond donors (Lipinski definition) is 2. The van der Waals surface area contributed by atoms with Crippen LogP contribution in [0.2, 0.25) is 0 Å². The smallest absolute Gasteiger partial charge is 0.277 e. The summed E-state index contributed by atoms with van der Waals surface area (Å²) in [7, 11) is 0. The van der Waals surface area contributed by atoms with Gasteiger partial charge in [0.05, 0.1) is 16.2 Å². The van der Waals surface area contributed by atoms with Crippen molar-refractivity contribution in [3.05, 3.63) is 94.0 Å². The molecule has 2 amide bonds. The molecule has 0 radical (unpaired) electrons. The van der Waals surface area contributed by atoms with Gasteiger partial charge in [0.2, 0.25) is 5.91 Å². The summed E-state index contributed by atoms with van der Waals surface area (Å²) >= 11 is 0. The number of carbonyl (C=O) groups excluding carboxylic acids is 3. The number of para-hydroxylation sites is 2. The van der Waals surface area contributed by atoms with Crippen molar-refractivity contribution in [1.82, 2.24) is 0 Å². The zero-order chi connectivity index (χ0) is 24.2. The second-order valence-corrected chi connectivity index (χ2v) is 7.37. The molecule has 0 aliphatic carbocycles. The SMILES string of the molecule is O=C(CN1C(=O)C(=NCC(=O)c2cc([N+](=O)[O-])ccc2O)c2ccccc21)Nc1ccccc1. The molecule has 0 saturated carbocycles. The maximum absolute atomic E-state index is 13.1. The van der Waals surface area contributed by atoms with Gasteiger partial charge in [-0.3, -0.25) is 34.4 Å². The lowest BCUT2D eigenvalue weighted by atomic mass is 10.1. The lowest BCUT2D eigenvalue weighted by Gasteiger charge is -2.16. The van der Waals surface area contributed by atoms with E-state index in [9.17, 15) is 29.6 Å². The number of anilines is 2. The largest absolute Gasteiger partial charge is 0.507 e. The number of Topliss-reactive ketones (excluding diaryl/α,β-unsaturated/α-hetero) is 1. The van der Waals surface area contributed by atoms with Crippen molar-refractivity contribution in [2.24, 2.45) is 4.99 Å². The predicted octanol–water partition coefficient (Wildman–Crippen LogP) is 2.96. The first kappa shape index (κ1) is 22.3. The zero-order valence-corrected chi connectivity index (χ0v) is 17.7. The van der Waals surface area contributed by atoms with Gasteiger partial charge in [0.1, 0.15) is 24.6 Å². The Labute approximate surface area is 193 Å². The van der Waals surface area contributed by atoms with Gasteiger partial charge in [0.15, 0.2) is 5.78 Å². The fourth-order valence-electron chi connectivity index (χ4n) is 3.53. The summed E-state index contributed by atoms with van der Waals surface area (Å²) < 4.78 is 0. The Morgan fingerprint density at radius 3 is 2.47 bits per heavy atom. The highest BCUT2D eigenvalue weighted by Gasteiger charge is 2.35. The Bertz CT molecular complexity index is 1340. The molecule has 1 aliphatic rings. The number of rotatable bonds is 7. The van der Waals surface area contributed by atoms with Gasteiger partial charge in [-0.15, -0.1) is 0 Å². The predicted molar refractivity (Wildman–Crippen MR) is 124 cm³/mol. The van der Waals surface area contributed by atoms with Crippen LogP contribution in [-0.2, 0) is 9.59 Å². The molecule has 0 saturated heterocycles. The van der Waals surface area contributed by atoms with Gasteiger partial charge in [-0.05, 0) is 24.3 Å². The van der Waals surface area contributed by atoms with Crippen molar-refractivity contribution in [3.8, 4) is 5.75 Å². The van der Waals surface area contributed by atoms with Crippen LogP contribution < -0.4 is 10.2 Å². The number of nitrogens with zero attached hydrogens (tertiary/aromatic N) is 3. The van der Waals surface area contributed by atoms with Crippen molar-refractivity contribution in [2.75, 3.05) is 23.3 Å². The van der Waals surface area contributed by atoms with Gasteiger partial charge in [0.25, 0.3) is 11.6 Å². The average Bonchev–Trinajstić information content (AvgIpc) is 3.09. The van der Waals surface area contributed by atoms with Crippen LogP contribution in [0.25, 0.3) is 0 Å².